The highest BCUT2D eigenvalue weighted by Gasteiger charge is 2.30. The highest BCUT2D eigenvalue weighted by Crippen LogP contribution is 2.33. The fraction of sp³-hybridized carbons (Fsp3) is 0.222. The number of primary sulfonamides is 1. The van der Waals surface area contributed by atoms with Gasteiger partial charge in [0.1, 0.15) is 0 Å². The molecule has 1 aliphatic heterocycles. The van der Waals surface area contributed by atoms with Gasteiger partial charge in [-0.15, -0.1) is 0 Å². The number of carbonyl (C=O) groups is 1. The third kappa shape index (κ3) is 3.58. The lowest BCUT2D eigenvalue weighted by Crippen LogP contribution is -2.23. The average molecular weight is 405 g/mol. The number of nitrogens with two attached hydrogens (primary N) is 1. The summed E-state index contributed by atoms with van der Waals surface area (Å²) in [4.78, 5) is 18.7. The molecule has 0 aliphatic carbocycles. The monoisotopic (exact) mass is 404 g/mol. The molecule has 0 unspecified atom stereocenters. The normalized spacial score (nSPS) is 18.1. The minimum Gasteiger partial charge on any atom is -0.318 e. The number of thioether (sulfide) groups is 1. The maximum Gasteiger partial charge on any atom is 0.266 e. The Hall–Kier alpha value is -2.36. The molecule has 142 valence electrons. The summed E-state index contributed by atoms with van der Waals surface area (Å²) in [5, 5.41) is 5.82. The molecule has 9 heteroatoms. The van der Waals surface area contributed by atoms with E-state index in [9.17, 15) is 13.2 Å². The maximum absolute atomic E-state index is 12.4. The Balaban J connectivity index is 2.01. The van der Waals surface area contributed by atoms with Crippen molar-refractivity contribution in [2.75, 3.05) is 14.1 Å². The van der Waals surface area contributed by atoms with Gasteiger partial charge in [-0.1, -0.05) is 0 Å². The van der Waals surface area contributed by atoms with Crippen LogP contribution in [0.1, 0.15) is 17.0 Å². The molecule has 0 radical (unpaired) electrons. The molecule has 1 aliphatic rings. The Kier molecular flexibility index (Phi) is 5.02. The standard InChI is InChI=1S/C18H20N4O3S2/c1-11-9-13(10-16-17(23)21(4)18(20-3)26-16)12(2)22(11)14-5-7-15(8-6-14)27(19,24)25/h5-10H,1-4H3,(H2,19,24,25)/b16-10+,20-18?. The summed E-state index contributed by atoms with van der Waals surface area (Å²) in [6.45, 7) is 3.91. The van der Waals surface area contributed by atoms with Gasteiger partial charge in [0.15, 0.2) is 5.17 Å². The van der Waals surface area contributed by atoms with Gasteiger partial charge in [0.25, 0.3) is 5.91 Å². The second kappa shape index (κ2) is 6.99. The van der Waals surface area contributed by atoms with Crippen molar-refractivity contribution in [2.24, 2.45) is 10.1 Å². The lowest BCUT2D eigenvalue weighted by Gasteiger charge is -2.10. The number of hydrogen-bond donors (Lipinski definition) is 1. The van der Waals surface area contributed by atoms with Crippen LogP contribution in [0.4, 0.5) is 0 Å². The summed E-state index contributed by atoms with van der Waals surface area (Å²) in [6.07, 6.45) is 1.86. The lowest BCUT2D eigenvalue weighted by atomic mass is 10.2. The minimum absolute atomic E-state index is 0.0680. The van der Waals surface area contributed by atoms with Crippen LogP contribution < -0.4 is 5.14 Å². The highest BCUT2D eigenvalue weighted by atomic mass is 32.2. The molecule has 1 aromatic heterocycles. The summed E-state index contributed by atoms with van der Waals surface area (Å²) in [7, 11) is -0.365. The molecule has 2 heterocycles. The first-order valence-corrected chi connectivity index (χ1v) is 10.5. The van der Waals surface area contributed by atoms with Gasteiger partial charge in [-0.25, -0.2) is 13.6 Å². The van der Waals surface area contributed by atoms with Crippen molar-refractivity contribution in [1.29, 1.82) is 0 Å². The van der Waals surface area contributed by atoms with Crippen molar-refractivity contribution < 1.29 is 13.2 Å². The Bertz CT molecular complexity index is 1080. The van der Waals surface area contributed by atoms with Crippen LogP contribution in [0, 0.1) is 13.8 Å². The van der Waals surface area contributed by atoms with Gasteiger partial charge in [-0.3, -0.25) is 14.7 Å². The van der Waals surface area contributed by atoms with Gasteiger partial charge in [0, 0.05) is 31.2 Å². The zero-order valence-electron chi connectivity index (χ0n) is 15.4. The summed E-state index contributed by atoms with van der Waals surface area (Å²) in [5.74, 6) is -0.0806. The number of rotatable bonds is 3. The molecule has 7 nitrogen and oxygen atoms in total. The van der Waals surface area contributed by atoms with E-state index in [4.69, 9.17) is 5.14 Å². The van der Waals surface area contributed by atoms with Crippen molar-refractivity contribution in [3.8, 4) is 5.69 Å². The summed E-state index contributed by atoms with van der Waals surface area (Å²) < 4.78 is 24.9. The van der Waals surface area contributed by atoms with Crippen LogP contribution in [-0.2, 0) is 14.8 Å². The number of amides is 1. The van der Waals surface area contributed by atoms with Crippen molar-refractivity contribution in [3.63, 3.8) is 0 Å². The molecule has 2 aromatic rings. The first kappa shape index (κ1) is 19.4. The van der Waals surface area contributed by atoms with E-state index in [2.05, 4.69) is 4.99 Å². The van der Waals surface area contributed by atoms with Crippen LogP contribution in [0.2, 0.25) is 0 Å². The number of likely N-dealkylation sites (N-methyl/N-ethyl adjacent to an activating group) is 1. The van der Waals surface area contributed by atoms with E-state index in [0.717, 1.165) is 22.6 Å². The zero-order valence-corrected chi connectivity index (χ0v) is 17.1. The number of nitrogens with zero attached hydrogens (tertiary/aromatic N) is 3. The predicted octanol–water partition coefficient (Wildman–Crippen LogP) is 2.27. The zero-order chi connectivity index (χ0) is 19.9. The molecule has 1 saturated heterocycles. The van der Waals surface area contributed by atoms with Gasteiger partial charge < -0.3 is 4.57 Å². The first-order chi connectivity index (χ1) is 12.6. The Labute approximate surface area is 162 Å². The van der Waals surface area contributed by atoms with Gasteiger partial charge in [-0.05, 0) is 67.6 Å². The number of aliphatic imine (C=N–C) groups is 1. The average Bonchev–Trinajstić information content (AvgIpc) is 3.04. The largest absolute Gasteiger partial charge is 0.318 e. The van der Waals surface area contributed by atoms with Crippen LogP contribution >= 0.6 is 11.8 Å². The fourth-order valence-corrected chi connectivity index (χ4v) is 4.44. The van der Waals surface area contributed by atoms with Crippen LogP contribution in [0.15, 0.2) is 45.1 Å². The number of aryl methyl sites for hydroxylation is 1. The maximum atomic E-state index is 12.4. The molecule has 0 saturated carbocycles. The quantitative estimate of drug-likeness (QED) is 0.794. The molecule has 1 amide bonds. The smallest absolute Gasteiger partial charge is 0.266 e. The molecular formula is C18H20N4O3S2. The van der Waals surface area contributed by atoms with Gasteiger partial charge in [-0.2, -0.15) is 0 Å². The molecule has 3 rings (SSSR count). The Morgan fingerprint density at radius 2 is 1.81 bits per heavy atom. The number of carbonyl (C=O) groups excluding carboxylic acids is 1. The molecule has 0 spiro atoms. The molecule has 1 fully saturated rings. The number of hydrogen-bond acceptors (Lipinski definition) is 5. The van der Waals surface area contributed by atoms with Crippen molar-refractivity contribution >= 4 is 38.9 Å². The Morgan fingerprint density at radius 3 is 2.33 bits per heavy atom. The summed E-state index contributed by atoms with van der Waals surface area (Å²) >= 11 is 1.34. The third-order valence-corrected chi connectivity index (χ3v) is 6.46. The summed E-state index contributed by atoms with van der Waals surface area (Å²) in [6, 6.07) is 8.38. The van der Waals surface area contributed by atoms with Crippen LogP contribution in [-0.4, -0.2) is 43.1 Å². The predicted molar refractivity (Wildman–Crippen MR) is 108 cm³/mol. The van der Waals surface area contributed by atoms with E-state index in [1.807, 2.05) is 30.6 Å². The van der Waals surface area contributed by atoms with E-state index >= 15 is 0 Å². The van der Waals surface area contributed by atoms with E-state index in [0.29, 0.717) is 10.1 Å². The van der Waals surface area contributed by atoms with Crippen molar-refractivity contribution in [3.05, 3.63) is 52.2 Å². The number of sulfonamides is 1. The van der Waals surface area contributed by atoms with Gasteiger partial charge >= 0.3 is 0 Å². The van der Waals surface area contributed by atoms with E-state index in [-0.39, 0.29) is 10.8 Å². The molecule has 27 heavy (non-hydrogen) atoms. The highest BCUT2D eigenvalue weighted by molar-refractivity contribution is 8.18. The number of amidine groups is 1. The van der Waals surface area contributed by atoms with Crippen molar-refractivity contribution in [1.82, 2.24) is 9.47 Å². The second-order valence-corrected chi connectivity index (χ2v) is 8.75. The summed E-state index contributed by atoms with van der Waals surface area (Å²) in [5.41, 5.74) is 3.65. The second-order valence-electron chi connectivity index (χ2n) is 6.18. The first-order valence-electron chi connectivity index (χ1n) is 8.10. The topological polar surface area (TPSA) is 97.8 Å². The van der Waals surface area contributed by atoms with Crippen LogP contribution in [0.5, 0.6) is 0 Å². The van der Waals surface area contributed by atoms with Crippen LogP contribution in [0.25, 0.3) is 11.8 Å². The fourth-order valence-electron chi connectivity index (χ4n) is 3.01. The van der Waals surface area contributed by atoms with Crippen LogP contribution in [0.3, 0.4) is 0 Å². The SMILES string of the molecule is CN=C1S/C(=C/c2cc(C)n(-c3ccc(S(N)(=O)=O)cc3)c2C)C(=O)N1C. The third-order valence-electron chi connectivity index (χ3n) is 4.38. The Morgan fingerprint density at radius 1 is 1.19 bits per heavy atom. The lowest BCUT2D eigenvalue weighted by molar-refractivity contribution is -0.121. The molecule has 1 aromatic carbocycles. The van der Waals surface area contributed by atoms with E-state index in [1.54, 1.807) is 26.2 Å². The van der Waals surface area contributed by atoms with E-state index < -0.39 is 10.0 Å². The number of benzene rings is 1. The van der Waals surface area contributed by atoms with Gasteiger partial charge in [0.2, 0.25) is 10.0 Å². The molecular weight excluding hydrogens is 384 g/mol. The minimum atomic E-state index is -3.73. The van der Waals surface area contributed by atoms with E-state index in [1.165, 1.54) is 28.8 Å². The molecule has 0 bridgehead atoms. The van der Waals surface area contributed by atoms with Gasteiger partial charge in [0.05, 0.1) is 9.80 Å². The molecule has 2 N–H and O–H groups in total. The number of aromatic nitrogens is 1. The van der Waals surface area contributed by atoms with Crippen molar-refractivity contribution in [2.45, 2.75) is 18.7 Å². The molecule has 0 atom stereocenters.